The normalized spacial score (nSPS) is 18.7. The van der Waals surface area contributed by atoms with Crippen molar-refractivity contribution in [1.82, 2.24) is 10.2 Å². The van der Waals surface area contributed by atoms with E-state index in [4.69, 9.17) is 11.6 Å². The van der Waals surface area contributed by atoms with E-state index in [0.717, 1.165) is 18.1 Å². The van der Waals surface area contributed by atoms with Gasteiger partial charge >= 0.3 is 0 Å². The van der Waals surface area contributed by atoms with Crippen LogP contribution in [0.1, 0.15) is 24.6 Å². The molecule has 1 N–H and O–H groups in total. The topological polar surface area (TPSA) is 15.3 Å². The van der Waals surface area contributed by atoms with E-state index >= 15 is 0 Å². The third-order valence-electron chi connectivity index (χ3n) is 3.24. The Hall–Kier alpha value is -0.0900. The van der Waals surface area contributed by atoms with Crippen molar-refractivity contribution < 1.29 is 0 Å². The quantitative estimate of drug-likeness (QED) is 0.855. The molecule has 1 aliphatic heterocycles. The standard InChI is InChI=1S/C13H21ClN2S/c1-11(10-16-5-2-3-6-16)8-15-9-13-12(14)4-7-17-13/h4,7,11,15H,2-3,5-6,8-10H2,1H3. The molecule has 4 heteroatoms. The number of nitrogens with one attached hydrogen (secondary N) is 1. The van der Waals surface area contributed by atoms with Gasteiger partial charge in [-0.05, 0) is 49.8 Å². The van der Waals surface area contributed by atoms with Crippen LogP contribution in [0.3, 0.4) is 0 Å². The van der Waals surface area contributed by atoms with E-state index < -0.39 is 0 Å². The third-order valence-corrected chi connectivity index (χ3v) is 4.63. The lowest BCUT2D eigenvalue weighted by molar-refractivity contribution is 0.283. The molecule has 1 fully saturated rings. The Morgan fingerprint density at radius 2 is 2.24 bits per heavy atom. The average Bonchev–Trinajstić information content (AvgIpc) is 2.91. The highest BCUT2D eigenvalue weighted by Crippen LogP contribution is 2.21. The van der Waals surface area contributed by atoms with Gasteiger partial charge in [-0.3, -0.25) is 0 Å². The molecule has 96 valence electrons. The van der Waals surface area contributed by atoms with Crippen LogP contribution >= 0.6 is 22.9 Å². The molecule has 0 radical (unpaired) electrons. The van der Waals surface area contributed by atoms with Crippen LogP contribution in [0.5, 0.6) is 0 Å². The summed E-state index contributed by atoms with van der Waals surface area (Å²) in [5.41, 5.74) is 0. The van der Waals surface area contributed by atoms with Gasteiger partial charge in [-0.2, -0.15) is 0 Å². The van der Waals surface area contributed by atoms with Crippen molar-refractivity contribution in [2.24, 2.45) is 5.92 Å². The first kappa shape index (κ1) is 13.3. The number of likely N-dealkylation sites (tertiary alicyclic amines) is 1. The molecule has 2 nitrogen and oxygen atoms in total. The Balaban J connectivity index is 1.62. The fourth-order valence-electron chi connectivity index (χ4n) is 2.35. The molecule has 1 saturated heterocycles. The van der Waals surface area contributed by atoms with Crippen LogP contribution in [0, 0.1) is 5.92 Å². The highest BCUT2D eigenvalue weighted by Gasteiger charge is 2.14. The zero-order valence-electron chi connectivity index (χ0n) is 10.4. The Bertz CT molecular complexity index is 334. The van der Waals surface area contributed by atoms with E-state index in [-0.39, 0.29) is 0 Å². The van der Waals surface area contributed by atoms with Gasteiger partial charge in [-0.25, -0.2) is 0 Å². The Kier molecular flexibility index (Phi) is 5.29. The monoisotopic (exact) mass is 272 g/mol. The molecule has 0 bridgehead atoms. The summed E-state index contributed by atoms with van der Waals surface area (Å²) < 4.78 is 0. The second-order valence-electron chi connectivity index (χ2n) is 4.94. The molecular weight excluding hydrogens is 252 g/mol. The lowest BCUT2D eigenvalue weighted by Gasteiger charge is -2.20. The van der Waals surface area contributed by atoms with Crippen molar-refractivity contribution in [3.05, 3.63) is 21.3 Å². The number of hydrogen-bond acceptors (Lipinski definition) is 3. The van der Waals surface area contributed by atoms with Crippen LogP contribution in [-0.2, 0) is 6.54 Å². The van der Waals surface area contributed by atoms with Crippen molar-refractivity contribution in [2.45, 2.75) is 26.3 Å². The van der Waals surface area contributed by atoms with Gasteiger partial charge in [0.05, 0.1) is 5.02 Å². The first-order chi connectivity index (χ1) is 8.25. The summed E-state index contributed by atoms with van der Waals surface area (Å²) in [6, 6.07) is 1.97. The van der Waals surface area contributed by atoms with Gasteiger partial charge in [0, 0.05) is 18.0 Å². The van der Waals surface area contributed by atoms with Crippen molar-refractivity contribution in [1.29, 1.82) is 0 Å². The van der Waals surface area contributed by atoms with Crippen molar-refractivity contribution in [2.75, 3.05) is 26.2 Å². The molecule has 0 spiro atoms. The van der Waals surface area contributed by atoms with Gasteiger partial charge < -0.3 is 10.2 Å². The van der Waals surface area contributed by atoms with Crippen molar-refractivity contribution >= 4 is 22.9 Å². The Labute approximate surface area is 113 Å². The van der Waals surface area contributed by atoms with Crippen LogP contribution < -0.4 is 5.32 Å². The van der Waals surface area contributed by atoms with Crippen LogP contribution in [0.25, 0.3) is 0 Å². The minimum absolute atomic E-state index is 0.715. The second-order valence-corrected chi connectivity index (χ2v) is 6.34. The Morgan fingerprint density at radius 3 is 2.88 bits per heavy atom. The molecule has 17 heavy (non-hydrogen) atoms. The highest BCUT2D eigenvalue weighted by molar-refractivity contribution is 7.10. The average molecular weight is 273 g/mol. The zero-order valence-corrected chi connectivity index (χ0v) is 12.0. The highest BCUT2D eigenvalue weighted by atomic mass is 35.5. The maximum absolute atomic E-state index is 6.05. The Morgan fingerprint density at radius 1 is 1.47 bits per heavy atom. The van der Waals surface area contributed by atoms with Gasteiger partial charge in [-0.15, -0.1) is 11.3 Å². The number of thiophene rings is 1. The van der Waals surface area contributed by atoms with Crippen LogP contribution in [0.4, 0.5) is 0 Å². The molecule has 1 unspecified atom stereocenters. The molecular formula is C13H21ClN2S. The summed E-state index contributed by atoms with van der Waals surface area (Å²) in [7, 11) is 0. The molecule has 1 aliphatic rings. The maximum Gasteiger partial charge on any atom is 0.0558 e. The van der Waals surface area contributed by atoms with E-state index in [9.17, 15) is 0 Å². The van der Waals surface area contributed by atoms with Gasteiger partial charge in [0.25, 0.3) is 0 Å². The van der Waals surface area contributed by atoms with E-state index in [1.54, 1.807) is 11.3 Å². The summed E-state index contributed by atoms with van der Waals surface area (Å²) in [5, 5.41) is 6.45. The van der Waals surface area contributed by atoms with Gasteiger partial charge in [0.1, 0.15) is 0 Å². The molecule has 2 heterocycles. The number of rotatable bonds is 6. The predicted octanol–water partition coefficient (Wildman–Crippen LogP) is 3.22. The zero-order chi connectivity index (χ0) is 12.1. The number of halogens is 1. The number of hydrogen-bond donors (Lipinski definition) is 1. The summed E-state index contributed by atoms with van der Waals surface area (Å²) in [6.07, 6.45) is 2.76. The van der Waals surface area contributed by atoms with E-state index in [0.29, 0.717) is 5.92 Å². The van der Waals surface area contributed by atoms with Gasteiger partial charge in [-0.1, -0.05) is 18.5 Å². The lowest BCUT2D eigenvalue weighted by atomic mass is 10.1. The summed E-state index contributed by atoms with van der Waals surface area (Å²) in [6.45, 7) is 8.11. The molecule has 1 aromatic heterocycles. The first-order valence-corrected chi connectivity index (χ1v) is 7.66. The van der Waals surface area contributed by atoms with Crippen molar-refractivity contribution in [3.8, 4) is 0 Å². The SMILES string of the molecule is CC(CNCc1sccc1Cl)CN1CCCC1. The predicted molar refractivity (Wildman–Crippen MR) is 75.9 cm³/mol. The van der Waals surface area contributed by atoms with Gasteiger partial charge in [0.15, 0.2) is 0 Å². The second kappa shape index (κ2) is 6.74. The van der Waals surface area contributed by atoms with Gasteiger partial charge in [0.2, 0.25) is 0 Å². The minimum Gasteiger partial charge on any atom is -0.311 e. The third kappa shape index (κ3) is 4.25. The molecule has 0 saturated carbocycles. The molecule has 1 atom stereocenters. The van der Waals surface area contributed by atoms with E-state index in [1.807, 2.05) is 11.4 Å². The fourth-order valence-corrected chi connectivity index (χ4v) is 3.43. The first-order valence-electron chi connectivity index (χ1n) is 6.40. The van der Waals surface area contributed by atoms with Crippen LogP contribution in [0.2, 0.25) is 5.02 Å². The largest absolute Gasteiger partial charge is 0.311 e. The molecule has 0 aliphatic carbocycles. The summed E-state index contributed by atoms with van der Waals surface area (Å²) >= 11 is 7.78. The minimum atomic E-state index is 0.715. The molecule has 1 aromatic rings. The van der Waals surface area contributed by atoms with Crippen LogP contribution in [0.15, 0.2) is 11.4 Å². The maximum atomic E-state index is 6.05. The van der Waals surface area contributed by atoms with Crippen molar-refractivity contribution in [3.63, 3.8) is 0 Å². The smallest absolute Gasteiger partial charge is 0.0558 e. The summed E-state index contributed by atoms with van der Waals surface area (Å²) in [4.78, 5) is 3.82. The fraction of sp³-hybridized carbons (Fsp3) is 0.692. The summed E-state index contributed by atoms with van der Waals surface area (Å²) in [5.74, 6) is 0.715. The molecule has 0 amide bonds. The van der Waals surface area contributed by atoms with Crippen LogP contribution in [-0.4, -0.2) is 31.1 Å². The molecule has 2 rings (SSSR count). The number of nitrogens with zero attached hydrogens (tertiary/aromatic N) is 1. The lowest BCUT2D eigenvalue weighted by Crippen LogP contribution is -2.31. The molecule has 0 aromatic carbocycles. The van der Waals surface area contributed by atoms with E-state index in [1.165, 1.54) is 37.4 Å². The van der Waals surface area contributed by atoms with E-state index in [2.05, 4.69) is 17.1 Å².